The molecule has 1 amide bonds. The highest BCUT2D eigenvalue weighted by molar-refractivity contribution is 7.09. The molecule has 0 saturated heterocycles. The third-order valence-corrected chi connectivity index (χ3v) is 5.80. The number of carbonyl (C=O) groups excluding carboxylic acids is 1. The van der Waals surface area contributed by atoms with E-state index in [9.17, 15) is 4.79 Å². The molecule has 0 fully saturated rings. The number of benzene rings is 1. The third kappa shape index (κ3) is 5.02. The minimum absolute atomic E-state index is 0.0186. The Hall–Kier alpha value is -3.25. The molecule has 2 aliphatic heterocycles. The Bertz CT molecular complexity index is 974. The van der Waals surface area contributed by atoms with Crippen LogP contribution in [0.1, 0.15) is 17.4 Å². The Balaban J connectivity index is 1.28. The summed E-state index contributed by atoms with van der Waals surface area (Å²) in [6.45, 7) is 3.81. The fourth-order valence-corrected chi connectivity index (χ4v) is 4.01. The molecule has 0 bridgehead atoms. The average Bonchev–Trinajstić information content (AvgIpc) is 3.44. The van der Waals surface area contributed by atoms with Crippen molar-refractivity contribution in [3.8, 4) is 5.75 Å². The fourth-order valence-electron chi connectivity index (χ4n) is 3.29. The molecule has 1 atom stereocenters. The maximum absolute atomic E-state index is 12.5. The van der Waals surface area contributed by atoms with E-state index < -0.39 is 0 Å². The summed E-state index contributed by atoms with van der Waals surface area (Å²) in [5, 5.41) is 5.44. The maximum atomic E-state index is 12.5. The summed E-state index contributed by atoms with van der Waals surface area (Å²) in [5.41, 5.74) is 2.00. The van der Waals surface area contributed by atoms with Gasteiger partial charge in [-0.3, -0.25) is 4.79 Å². The lowest BCUT2D eigenvalue weighted by molar-refractivity contribution is -0.126. The molecule has 0 radical (unpaired) electrons. The first-order chi connectivity index (χ1) is 14.7. The molecule has 6 heteroatoms. The number of rotatable bonds is 8. The number of hydrogen-bond acceptors (Lipinski definition) is 5. The van der Waals surface area contributed by atoms with E-state index in [1.165, 1.54) is 4.88 Å². The summed E-state index contributed by atoms with van der Waals surface area (Å²) in [7, 11) is 0. The maximum Gasteiger partial charge on any atom is 0.246 e. The van der Waals surface area contributed by atoms with Gasteiger partial charge < -0.3 is 19.9 Å². The molecule has 30 heavy (non-hydrogen) atoms. The number of likely N-dealkylation sites (N-methyl/N-ethyl adjacent to an activating group) is 1. The van der Waals surface area contributed by atoms with E-state index in [1.807, 2.05) is 72.0 Å². The van der Waals surface area contributed by atoms with Crippen molar-refractivity contribution in [1.82, 2.24) is 15.1 Å². The molecular formula is C24H25N3O2S. The monoisotopic (exact) mass is 419 g/mol. The Labute approximate surface area is 181 Å². The molecule has 5 nitrogen and oxygen atoms in total. The van der Waals surface area contributed by atoms with Crippen LogP contribution in [0.2, 0.25) is 0 Å². The van der Waals surface area contributed by atoms with Gasteiger partial charge in [0, 0.05) is 29.9 Å². The summed E-state index contributed by atoms with van der Waals surface area (Å²) < 4.78 is 5.89. The molecule has 154 valence electrons. The molecule has 0 aliphatic carbocycles. The smallest absolute Gasteiger partial charge is 0.246 e. The van der Waals surface area contributed by atoms with Gasteiger partial charge in [0.25, 0.3) is 0 Å². The van der Waals surface area contributed by atoms with Crippen molar-refractivity contribution < 1.29 is 9.53 Å². The summed E-state index contributed by atoms with van der Waals surface area (Å²) in [6, 6.07) is 11.8. The zero-order valence-corrected chi connectivity index (χ0v) is 17.7. The van der Waals surface area contributed by atoms with Gasteiger partial charge in [-0.25, -0.2) is 0 Å². The Morgan fingerprint density at radius 2 is 2.13 bits per heavy atom. The van der Waals surface area contributed by atoms with Crippen molar-refractivity contribution in [3.63, 3.8) is 0 Å². The number of nitrogens with zero attached hydrogens (tertiary/aromatic N) is 2. The summed E-state index contributed by atoms with van der Waals surface area (Å²) in [5.74, 6) is 0.815. The van der Waals surface area contributed by atoms with Crippen molar-refractivity contribution in [3.05, 3.63) is 94.6 Å². The van der Waals surface area contributed by atoms with Gasteiger partial charge in [-0.2, -0.15) is 0 Å². The molecule has 1 aromatic heterocycles. The first kappa shape index (κ1) is 20.0. The molecular weight excluding hydrogens is 394 g/mol. The van der Waals surface area contributed by atoms with Gasteiger partial charge in [0.2, 0.25) is 5.91 Å². The second-order valence-corrected chi connectivity index (χ2v) is 8.07. The van der Waals surface area contributed by atoms with Crippen LogP contribution in [-0.4, -0.2) is 35.0 Å². The summed E-state index contributed by atoms with van der Waals surface area (Å²) in [6.07, 6.45) is 13.9. The van der Waals surface area contributed by atoms with Crippen molar-refractivity contribution in [1.29, 1.82) is 0 Å². The van der Waals surface area contributed by atoms with Gasteiger partial charge in [0.15, 0.2) is 0 Å². The lowest BCUT2D eigenvalue weighted by atomic mass is 10.2. The Morgan fingerprint density at radius 3 is 2.87 bits per heavy atom. The number of hydrogen-bond donors (Lipinski definition) is 1. The molecule has 3 heterocycles. The number of thiophene rings is 1. The molecule has 2 aliphatic rings. The van der Waals surface area contributed by atoms with Crippen LogP contribution in [0.15, 0.2) is 84.2 Å². The van der Waals surface area contributed by atoms with Gasteiger partial charge in [0.1, 0.15) is 18.5 Å². The SMILES string of the molecule is CCN(Cc1cccs1)C(=O)/C=C/c1ccc(OCC2=CN3C=CC=CC3N2)cc1. The summed E-state index contributed by atoms with van der Waals surface area (Å²) in [4.78, 5) is 17.6. The van der Waals surface area contributed by atoms with E-state index in [0.717, 1.165) is 17.0 Å². The van der Waals surface area contributed by atoms with E-state index in [2.05, 4.69) is 28.6 Å². The zero-order valence-electron chi connectivity index (χ0n) is 16.9. The molecule has 2 aromatic rings. The van der Waals surface area contributed by atoms with E-state index in [1.54, 1.807) is 17.4 Å². The normalized spacial score (nSPS) is 17.0. The van der Waals surface area contributed by atoms with Crippen LogP contribution in [0.25, 0.3) is 6.08 Å². The predicted molar refractivity (Wildman–Crippen MR) is 122 cm³/mol. The number of fused-ring (bicyclic) bond motifs is 1. The molecule has 1 N–H and O–H groups in total. The number of allylic oxidation sites excluding steroid dienone is 2. The van der Waals surface area contributed by atoms with E-state index in [-0.39, 0.29) is 12.1 Å². The van der Waals surface area contributed by atoms with Gasteiger partial charge >= 0.3 is 0 Å². The second-order valence-electron chi connectivity index (χ2n) is 7.04. The van der Waals surface area contributed by atoms with Crippen LogP contribution in [0.5, 0.6) is 5.75 Å². The van der Waals surface area contributed by atoms with Crippen LogP contribution in [0, 0.1) is 0 Å². The first-order valence-corrected chi connectivity index (χ1v) is 10.9. The van der Waals surface area contributed by atoms with Crippen molar-refractivity contribution in [2.45, 2.75) is 19.6 Å². The number of nitrogens with one attached hydrogen (secondary N) is 1. The number of ether oxygens (including phenoxy) is 1. The van der Waals surface area contributed by atoms with Crippen LogP contribution >= 0.6 is 11.3 Å². The predicted octanol–water partition coefficient (Wildman–Crippen LogP) is 4.35. The van der Waals surface area contributed by atoms with Crippen LogP contribution in [0.3, 0.4) is 0 Å². The Kier molecular flexibility index (Phi) is 6.35. The fraction of sp³-hybridized carbons (Fsp3) is 0.208. The quantitative estimate of drug-likeness (QED) is 0.647. The summed E-state index contributed by atoms with van der Waals surface area (Å²) >= 11 is 1.67. The topological polar surface area (TPSA) is 44.8 Å². The lowest BCUT2D eigenvalue weighted by Gasteiger charge is -2.20. The van der Waals surface area contributed by atoms with Crippen LogP contribution in [0.4, 0.5) is 0 Å². The second kappa shape index (κ2) is 9.50. The highest BCUT2D eigenvalue weighted by Gasteiger charge is 2.20. The van der Waals surface area contributed by atoms with Gasteiger partial charge in [-0.05, 0) is 54.3 Å². The largest absolute Gasteiger partial charge is 0.487 e. The number of amides is 1. The highest BCUT2D eigenvalue weighted by Crippen LogP contribution is 2.19. The van der Waals surface area contributed by atoms with E-state index in [0.29, 0.717) is 19.7 Å². The van der Waals surface area contributed by atoms with Crippen molar-refractivity contribution in [2.75, 3.05) is 13.2 Å². The van der Waals surface area contributed by atoms with Gasteiger partial charge in [0.05, 0.1) is 12.2 Å². The average molecular weight is 420 g/mol. The molecule has 4 rings (SSSR count). The van der Waals surface area contributed by atoms with Crippen LogP contribution < -0.4 is 10.1 Å². The van der Waals surface area contributed by atoms with Gasteiger partial charge in [-0.1, -0.05) is 24.3 Å². The Morgan fingerprint density at radius 1 is 1.27 bits per heavy atom. The minimum Gasteiger partial charge on any atom is -0.487 e. The van der Waals surface area contributed by atoms with E-state index >= 15 is 0 Å². The van der Waals surface area contributed by atoms with Crippen molar-refractivity contribution in [2.24, 2.45) is 0 Å². The molecule has 0 saturated carbocycles. The van der Waals surface area contributed by atoms with Crippen LogP contribution in [-0.2, 0) is 11.3 Å². The minimum atomic E-state index is 0.0186. The highest BCUT2D eigenvalue weighted by atomic mass is 32.1. The lowest BCUT2D eigenvalue weighted by Crippen LogP contribution is -2.32. The standard InChI is InChI=1S/C24H25N3O2S/c1-2-26(17-22-6-5-15-30-22)24(28)13-10-19-8-11-21(12-9-19)29-18-20-16-27-14-4-3-7-23(27)25-20/h3-16,23,25H,2,17-18H2,1H3/b13-10+. The molecule has 1 unspecified atom stereocenters. The van der Waals surface area contributed by atoms with Crippen molar-refractivity contribution >= 4 is 23.3 Å². The molecule has 0 spiro atoms. The first-order valence-electron chi connectivity index (χ1n) is 10.0. The zero-order chi connectivity index (χ0) is 20.8. The van der Waals surface area contributed by atoms with Gasteiger partial charge in [-0.15, -0.1) is 11.3 Å². The third-order valence-electron chi connectivity index (χ3n) is 4.94. The van der Waals surface area contributed by atoms with E-state index in [4.69, 9.17) is 4.74 Å². The number of carbonyl (C=O) groups is 1. The molecule has 1 aromatic carbocycles.